The molecule has 2 aromatic rings. The average Bonchev–Trinajstić information content (AvgIpc) is 2.78. The minimum Gasteiger partial charge on any atom is -0.351 e. The maximum atomic E-state index is 12.4. The van der Waals surface area contributed by atoms with Crippen LogP contribution in [0.4, 0.5) is 0 Å². The second kappa shape index (κ2) is 4.23. The molecule has 2 aliphatic rings. The predicted molar refractivity (Wildman–Crippen MR) is 83.4 cm³/mol. The number of rotatable bonds is 0. The van der Waals surface area contributed by atoms with Gasteiger partial charge in [-0.15, -0.1) is 0 Å². The number of hydrogen-bond donors (Lipinski definition) is 1. The van der Waals surface area contributed by atoms with Crippen molar-refractivity contribution in [1.82, 2.24) is 9.88 Å². The van der Waals surface area contributed by atoms with E-state index >= 15 is 0 Å². The second-order valence-corrected chi connectivity index (χ2v) is 6.97. The maximum absolute atomic E-state index is 12.4. The Hall–Kier alpha value is -2.03. The Morgan fingerprint density at radius 2 is 2.00 bits per heavy atom. The van der Waals surface area contributed by atoms with Crippen LogP contribution in [0.25, 0.3) is 11.3 Å². The Morgan fingerprint density at radius 3 is 2.86 bits per heavy atom. The van der Waals surface area contributed by atoms with E-state index in [2.05, 4.69) is 54.1 Å². The van der Waals surface area contributed by atoms with Crippen molar-refractivity contribution in [2.75, 3.05) is 6.54 Å². The van der Waals surface area contributed by atoms with Crippen molar-refractivity contribution in [3.63, 3.8) is 0 Å². The first-order valence-corrected chi connectivity index (χ1v) is 7.64. The number of carbonyl (C=O) groups excluding carboxylic acids is 1. The van der Waals surface area contributed by atoms with Crippen molar-refractivity contribution in [3.05, 3.63) is 47.2 Å². The molecule has 0 spiro atoms. The molecule has 2 aliphatic heterocycles. The summed E-state index contributed by atoms with van der Waals surface area (Å²) in [5.41, 5.74) is 6.05. The van der Waals surface area contributed by atoms with E-state index in [1.54, 1.807) is 0 Å². The van der Waals surface area contributed by atoms with Gasteiger partial charge in [0.1, 0.15) is 0 Å². The van der Waals surface area contributed by atoms with Crippen LogP contribution in [0.2, 0.25) is 0 Å². The normalized spacial score (nSPS) is 19.0. The molecule has 0 saturated heterocycles. The fourth-order valence-electron chi connectivity index (χ4n) is 3.61. The number of hydrogen-bond acceptors (Lipinski definition) is 1. The minimum atomic E-state index is 0.0787. The van der Waals surface area contributed by atoms with Crippen molar-refractivity contribution < 1.29 is 4.79 Å². The van der Waals surface area contributed by atoms with E-state index in [1.165, 1.54) is 22.5 Å². The lowest BCUT2D eigenvalue weighted by molar-refractivity contribution is 0.0945. The summed E-state index contributed by atoms with van der Waals surface area (Å²) >= 11 is 0. The van der Waals surface area contributed by atoms with Gasteiger partial charge in [0.2, 0.25) is 0 Å². The van der Waals surface area contributed by atoms with Crippen LogP contribution in [0.15, 0.2) is 30.3 Å². The van der Waals surface area contributed by atoms with E-state index in [-0.39, 0.29) is 11.3 Å². The van der Waals surface area contributed by atoms with E-state index in [9.17, 15) is 4.79 Å². The van der Waals surface area contributed by atoms with E-state index in [0.717, 1.165) is 31.5 Å². The molecule has 3 nitrogen and oxygen atoms in total. The quantitative estimate of drug-likeness (QED) is 0.791. The molecule has 108 valence electrons. The number of aromatic nitrogens is 1. The number of carbonyl (C=O) groups is 1. The Labute approximate surface area is 125 Å². The third-order valence-corrected chi connectivity index (χ3v) is 4.72. The molecule has 1 amide bonds. The second-order valence-electron chi connectivity index (χ2n) is 6.97. The first kappa shape index (κ1) is 12.7. The largest absolute Gasteiger partial charge is 0.351 e. The highest BCUT2D eigenvalue weighted by atomic mass is 16.1. The standard InChI is InChI=1S/C18H20N2O/c1-18(2)10-16-14(17(21)19-11-18)9-15-13-6-4-3-5-12(13)7-8-20(15)16/h3-6,9H,7-8,10-11H2,1-2H3,(H,19,21). The Bertz CT molecular complexity index is 740. The number of nitrogens with zero attached hydrogens (tertiary/aromatic N) is 1. The summed E-state index contributed by atoms with van der Waals surface area (Å²) in [5, 5.41) is 3.07. The lowest BCUT2D eigenvalue weighted by Gasteiger charge is -2.26. The van der Waals surface area contributed by atoms with Crippen LogP contribution in [0.3, 0.4) is 0 Å². The van der Waals surface area contributed by atoms with Crippen molar-refractivity contribution in [2.24, 2.45) is 5.41 Å². The van der Waals surface area contributed by atoms with Gasteiger partial charge in [0.05, 0.1) is 5.56 Å². The van der Waals surface area contributed by atoms with Gasteiger partial charge >= 0.3 is 0 Å². The van der Waals surface area contributed by atoms with Crippen LogP contribution in [-0.2, 0) is 19.4 Å². The third-order valence-electron chi connectivity index (χ3n) is 4.72. The van der Waals surface area contributed by atoms with Gasteiger partial charge in [-0.1, -0.05) is 38.1 Å². The number of aryl methyl sites for hydroxylation is 1. The molecule has 0 aliphatic carbocycles. The van der Waals surface area contributed by atoms with Gasteiger partial charge in [0.15, 0.2) is 0 Å². The molecule has 0 unspecified atom stereocenters. The molecular formula is C18H20N2O. The highest BCUT2D eigenvalue weighted by molar-refractivity contribution is 5.97. The smallest absolute Gasteiger partial charge is 0.253 e. The van der Waals surface area contributed by atoms with E-state index < -0.39 is 0 Å². The Morgan fingerprint density at radius 1 is 1.19 bits per heavy atom. The molecule has 0 radical (unpaired) electrons. The van der Waals surface area contributed by atoms with Gasteiger partial charge in [-0.05, 0) is 29.9 Å². The van der Waals surface area contributed by atoms with Crippen LogP contribution < -0.4 is 5.32 Å². The van der Waals surface area contributed by atoms with Gasteiger partial charge in [0, 0.05) is 30.0 Å². The lowest BCUT2D eigenvalue weighted by atomic mass is 9.88. The monoisotopic (exact) mass is 280 g/mol. The summed E-state index contributed by atoms with van der Waals surface area (Å²) in [6.45, 7) is 6.16. The predicted octanol–water partition coefficient (Wildman–Crippen LogP) is 3.02. The Kier molecular flexibility index (Phi) is 2.56. The van der Waals surface area contributed by atoms with Gasteiger partial charge in [0.25, 0.3) is 5.91 Å². The number of amides is 1. The SMILES string of the molecule is CC1(C)CNC(=O)c2cc3n(c2C1)CCc1ccccc1-3. The van der Waals surface area contributed by atoms with Crippen LogP contribution in [0, 0.1) is 5.41 Å². The zero-order valence-electron chi connectivity index (χ0n) is 12.6. The van der Waals surface area contributed by atoms with E-state index in [0.29, 0.717) is 0 Å². The fourth-order valence-corrected chi connectivity index (χ4v) is 3.61. The molecule has 1 aromatic carbocycles. The molecule has 0 atom stereocenters. The number of nitrogens with one attached hydrogen (secondary N) is 1. The summed E-state index contributed by atoms with van der Waals surface area (Å²) < 4.78 is 2.37. The van der Waals surface area contributed by atoms with Crippen molar-refractivity contribution in [1.29, 1.82) is 0 Å². The number of fused-ring (bicyclic) bond motifs is 5. The van der Waals surface area contributed by atoms with Crippen LogP contribution in [0.1, 0.15) is 35.5 Å². The molecule has 4 rings (SSSR count). The Balaban J connectivity index is 1.93. The first-order chi connectivity index (χ1) is 10.1. The highest BCUT2D eigenvalue weighted by Gasteiger charge is 2.32. The molecule has 0 bridgehead atoms. The maximum Gasteiger partial charge on any atom is 0.253 e. The van der Waals surface area contributed by atoms with E-state index in [4.69, 9.17) is 0 Å². The van der Waals surface area contributed by atoms with Gasteiger partial charge < -0.3 is 9.88 Å². The molecule has 1 aromatic heterocycles. The van der Waals surface area contributed by atoms with Gasteiger partial charge in [-0.3, -0.25) is 4.79 Å². The summed E-state index contributed by atoms with van der Waals surface area (Å²) in [6.07, 6.45) is 2.00. The van der Waals surface area contributed by atoms with E-state index in [1.807, 2.05) is 0 Å². The fraction of sp³-hybridized carbons (Fsp3) is 0.389. The topological polar surface area (TPSA) is 34.0 Å². The van der Waals surface area contributed by atoms with Crippen LogP contribution >= 0.6 is 0 Å². The van der Waals surface area contributed by atoms with Gasteiger partial charge in [-0.25, -0.2) is 0 Å². The minimum absolute atomic E-state index is 0.0787. The molecule has 21 heavy (non-hydrogen) atoms. The summed E-state index contributed by atoms with van der Waals surface area (Å²) in [4.78, 5) is 12.4. The zero-order valence-corrected chi connectivity index (χ0v) is 12.6. The molecule has 0 saturated carbocycles. The molecule has 3 heterocycles. The van der Waals surface area contributed by atoms with Crippen molar-refractivity contribution >= 4 is 5.91 Å². The summed E-state index contributed by atoms with van der Waals surface area (Å²) in [6, 6.07) is 10.6. The average molecular weight is 280 g/mol. The van der Waals surface area contributed by atoms with Crippen LogP contribution in [-0.4, -0.2) is 17.0 Å². The number of benzene rings is 1. The summed E-state index contributed by atoms with van der Waals surface area (Å²) in [7, 11) is 0. The van der Waals surface area contributed by atoms with Crippen molar-refractivity contribution in [3.8, 4) is 11.3 Å². The highest BCUT2D eigenvalue weighted by Crippen LogP contribution is 2.36. The molecule has 3 heteroatoms. The zero-order chi connectivity index (χ0) is 14.6. The lowest BCUT2D eigenvalue weighted by Crippen LogP contribution is -2.32. The molecule has 1 N–H and O–H groups in total. The molecule has 0 fully saturated rings. The van der Waals surface area contributed by atoms with Crippen molar-refractivity contribution in [2.45, 2.75) is 33.2 Å². The summed E-state index contributed by atoms with van der Waals surface area (Å²) in [5.74, 6) is 0.0787. The first-order valence-electron chi connectivity index (χ1n) is 7.64. The van der Waals surface area contributed by atoms with Gasteiger partial charge in [-0.2, -0.15) is 0 Å². The molecular weight excluding hydrogens is 260 g/mol. The third kappa shape index (κ3) is 1.91. The van der Waals surface area contributed by atoms with Crippen LogP contribution in [0.5, 0.6) is 0 Å².